The van der Waals surface area contributed by atoms with Crippen molar-refractivity contribution in [1.29, 1.82) is 0 Å². The maximum Gasteiger partial charge on any atom is 0.234 e. The van der Waals surface area contributed by atoms with E-state index in [0.717, 1.165) is 47.4 Å². The molecule has 1 saturated heterocycles. The Kier molecular flexibility index (Phi) is 7.44. The summed E-state index contributed by atoms with van der Waals surface area (Å²) in [6.07, 6.45) is 0.874. The fourth-order valence-electron chi connectivity index (χ4n) is 3.80. The molecule has 4 rings (SSSR count). The van der Waals surface area contributed by atoms with E-state index < -0.39 is 0 Å². The standard InChI is InChI=1S/C24H29N5O2S/c1-3-20-11-7-8-18(2)22(20)25-21(30)17-32-24-27-26-23(28-12-14-31-15-13-28)29(24)16-19-9-5-4-6-10-19/h4-11H,3,12-17H2,1-2H3,(H,25,30). The van der Waals surface area contributed by atoms with E-state index in [0.29, 0.717) is 19.8 Å². The van der Waals surface area contributed by atoms with E-state index in [1.54, 1.807) is 0 Å². The molecule has 0 aliphatic carbocycles. The molecule has 0 radical (unpaired) electrons. The molecule has 1 aliphatic rings. The van der Waals surface area contributed by atoms with Crippen molar-refractivity contribution in [3.8, 4) is 0 Å². The number of carbonyl (C=O) groups excluding carboxylic acids is 1. The first kappa shape index (κ1) is 22.4. The molecule has 1 aliphatic heterocycles. The molecule has 1 aromatic heterocycles. The number of hydrogen-bond donors (Lipinski definition) is 1. The topological polar surface area (TPSA) is 72.3 Å². The third kappa shape index (κ3) is 5.31. The molecule has 0 unspecified atom stereocenters. The maximum atomic E-state index is 12.8. The molecule has 0 atom stereocenters. The number of para-hydroxylation sites is 1. The minimum atomic E-state index is -0.0406. The van der Waals surface area contributed by atoms with E-state index in [1.165, 1.54) is 17.3 Å². The zero-order valence-electron chi connectivity index (χ0n) is 18.6. The third-order valence-electron chi connectivity index (χ3n) is 5.51. The predicted molar refractivity (Wildman–Crippen MR) is 129 cm³/mol. The molecular weight excluding hydrogens is 422 g/mol. The second-order valence-electron chi connectivity index (χ2n) is 7.75. The van der Waals surface area contributed by atoms with E-state index in [-0.39, 0.29) is 11.7 Å². The summed E-state index contributed by atoms with van der Waals surface area (Å²) in [6.45, 7) is 7.70. The summed E-state index contributed by atoms with van der Waals surface area (Å²) in [5.74, 6) is 1.06. The lowest BCUT2D eigenvalue weighted by Crippen LogP contribution is -2.38. The Morgan fingerprint density at radius 1 is 1.09 bits per heavy atom. The van der Waals surface area contributed by atoms with Crippen LogP contribution in [0.3, 0.4) is 0 Å². The van der Waals surface area contributed by atoms with Gasteiger partial charge in [0.1, 0.15) is 0 Å². The van der Waals surface area contributed by atoms with E-state index in [9.17, 15) is 4.79 Å². The largest absolute Gasteiger partial charge is 0.378 e. The van der Waals surface area contributed by atoms with Crippen molar-refractivity contribution in [2.24, 2.45) is 0 Å². The minimum Gasteiger partial charge on any atom is -0.378 e. The summed E-state index contributed by atoms with van der Waals surface area (Å²) in [5.41, 5.74) is 4.30. The van der Waals surface area contributed by atoms with Gasteiger partial charge in [0, 0.05) is 18.8 Å². The first-order valence-electron chi connectivity index (χ1n) is 11.0. The average molecular weight is 452 g/mol. The van der Waals surface area contributed by atoms with Gasteiger partial charge in [-0.05, 0) is 30.0 Å². The molecule has 0 bridgehead atoms. The smallest absolute Gasteiger partial charge is 0.234 e. The second-order valence-corrected chi connectivity index (χ2v) is 8.70. The van der Waals surface area contributed by atoms with Gasteiger partial charge in [-0.1, -0.05) is 67.2 Å². The average Bonchev–Trinajstić information content (AvgIpc) is 3.22. The van der Waals surface area contributed by atoms with Crippen molar-refractivity contribution in [3.63, 3.8) is 0 Å². The number of nitrogens with one attached hydrogen (secondary N) is 1. The molecule has 1 N–H and O–H groups in total. The lowest BCUT2D eigenvalue weighted by atomic mass is 10.1. The monoisotopic (exact) mass is 451 g/mol. The molecule has 8 heteroatoms. The Morgan fingerprint density at radius 2 is 1.88 bits per heavy atom. The highest BCUT2D eigenvalue weighted by atomic mass is 32.2. The quantitative estimate of drug-likeness (QED) is 0.526. The van der Waals surface area contributed by atoms with Crippen LogP contribution in [0.4, 0.5) is 11.6 Å². The van der Waals surface area contributed by atoms with Crippen molar-refractivity contribution in [2.45, 2.75) is 32.0 Å². The van der Waals surface area contributed by atoms with Crippen LogP contribution in [0.1, 0.15) is 23.6 Å². The lowest BCUT2D eigenvalue weighted by Gasteiger charge is -2.28. The van der Waals surface area contributed by atoms with Crippen LogP contribution < -0.4 is 10.2 Å². The fourth-order valence-corrected chi connectivity index (χ4v) is 4.53. The highest BCUT2D eigenvalue weighted by molar-refractivity contribution is 7.99. The number of hydrogen-bond acceptors (Lipinski definition) is 6. The lowest BCUT2D eigenvalue weighted by molar-refractivity contribution is -0.113. The Morgan fingerprint density at radius 3 is 2.62 bits per heavy atom. The van der Waals surface area contributed by atoms with E-state index >= 15 is 0 Å². The van der Waals surface area contributed by atoms with Crippen molar-refractivity contribution < 1.29 is 9.53 Å². The van der Waals surface area contributed by atoms with Crippen molar-refractivity contribution in [2.75, 3.05) is 42.3 Å². The number of amides is 1. The summed E-state index contributed by atoms with van der Waals surface area (Å²) < 4.78 is 7.59. The van der Waals surface area contributed by atoms with Crippen molar-refractivity contribution >= 4 is 29.3 Å². The molecule has 0 spiro atoms. The van der Waals surface area contributed by atoms with Crippen LogP contribution in [-0.4, -0.2) is 52.7 Å². The number of ether oxygens (including phenoxy) is 1. The van der Waals surface area contributed by atoms with Crippen LogP contribution in [0.15, 0.2) is 53.7 Å². The van der Waals surface area contributed by atoms with Crippen molar-refractivity contribution in [3.05, 3.63) is 65.2 Å². The SMILES string of the molecule is CCc1cccc(C)c1NC(=O)CSc1nnc(N2CCOCC2)n1Cc1ccccc1. The molecule has 2 heterocycles. The molecular formula is C24H29N5O2S. The minimum absolute atomic E-state index is 0.0406. The summed E-state index contributed by atoms with van der Waals surface area (Å²) in [5, 5.41) is 12.7. The zero-order valence-corrected chi connectivity index (χ0v) is 19.4. The van der Waals surface area contributed by atoms with Gasteiger partial charge in [0.25, 0.3) is 0 Å². The number of nitrogens with zero attached hydrogens (tertiary/aromatic N) is 4. The van der Waals surface area contributed by atoms with Gasteiger partial charge in [-0.15, -0.1) is 10.2 Å². The van der Waals surface area contributed by atoms with E-state index in [2.05, 4.69) is 50.1 Å². The number of thioether (sulfide) groups is 1. The van der Waals surface area contributed by atoms with Gasteiger partial charge in [0.15, 0.2) is 5.16 Å². The number of aromatic nitrogens is 3. The van der Waals surface area contributed by atoms with Crippen molar-refractivity contribution in [1.82, 2.24) is 14.8 Å². The van der Waals surface area contributed by atoms with E-state index in [1.807, 2.05) is 37.3 Å². The van der Waals surface area contributed by atoms with Crippen LogP contribution >= 0.6 is 11.8 Å². The first-order chi connectivity index (χ1) is 15.7. The highest BCUT2D eigenvalue weighted by Crippen LogP contribution is 2.26. The Labute approximate surface area is 193 Å². The van der Waals surface area contributed by atoms with Gasteiger partial charge < -0.3 is 15.0 Å². The molecule has 168 valence electrons. The van der Waals surface area contributed by atoms with Gasteiger partial charge in [0.05, 0.1) is 25.5 Å². The number of anilines is 2. The van der Waals surface area contributed by atoms with Crippen LogP contribution in [0.2, 0.25) is 0 Å². The Balaban J connectivity index is 1.50. The van der Waals surface area contributed by atoms with Crippen LogP contribution in [0.5, 0.6) is 0 Å². The van der Waals surface area contributed by atoms with Crippen LogP contribution in [-0.2, 0) is 22.5 Å². The first-order valence-corrected chi connectivity index (χ1v) is 11.9. The third-order valence-corrected chi connectivity index (χ3v) is 6.48. The number of aryl methyl sites for hydroxylation is 2. The molecule has 3 aromatic rings. The summed E-state index contributed by atoms with van der Waals surface area (Å²) in [6, 6.07) is 16.4. The highest BCUT2D eigenvalue weighted by Gasteiger charge is 2.21. The van der Waals surface area contributed by atoms with Gasteiger partial charge in [-0.25, -0.2) is 0 Å². The normalized spacial score (nSPS) is 13.9. The molecule has 7 nitrogen and oxygen atoms in total. The van der Waals surface area contributed by atoms with Gasteiger partial charge in [-0.2, -0.15) is 0 Å². The van der Waals surface area contributed by atoms with Crippen LogP contribution in [0.25, 0.3) is 0 Å². The fraction of sp³-hybridized carbons (Fsp3) is 0.375. The number of benzene rings is 2. The summed E-state index contributed by atoms with van der Waals surface area (Å²) in [4.78, 5) is 15.0. The molecule has 1 fully saturated rings. The second kappa shape index (κ2) is 10.7. The number of rotatable bonds is 8. The zero-order chi connectivity index (χ0) is 22.3. The van der Waals surface area contributed by atoms with Crippen LogP contribution in [0, 0.1) is 6.92 Å². The maximum absolute atomic E-state index is 12.8. The molecule has 0 saturated carbocycles. The molecule has 32 heavy (non-hydrogen) atoms. The Hall–Kier alpha value is -2.84. The molecule has 2 aromatic carbocycles. The van der Waals surface area contributed by atoms with Gasteiger partial charge in [0.2, 0.25) is 11.9 Å². The summed E-state index contributed by atoms with van der Waals surface area (Å²) >= 11 is 1.42. The number of carbonyl (C=O) groups is 1. The molecule has 1 amide bonds. The summed E-state index contributed by atoms with van der Waals surface area (Å²) in [7, 11) is 0. The predicted octanol–water partition coefficient (Wildman–Crippen LogP) is 3.76. The Bertz CT molecular complexity index is 1050. The van der Waals surface area contributed by atoms with E-state index in [4.69, 9.17) is 4.74 Å². The van der Waals surface area contributed by atoms with Gasteiger partial charge in [-0.3, -0.25) is 9.36 Å². The number of morpholine rings is 1. The van der Waals surface area contributed by atoms with Gasteiger partial charge >= 0.3 is 0 Å².